The van der Waals surface area contributed by atoms with Gasteiger partial charge in [0.05, 0.1) is 0 Å². The van der Waals surface area contributed by atoms with Crippen molar-refractivity contribution in [3.63, 3.8) is 0 Å². The van der Waals surface area contributed by atoms with Crippen LogP contribution in [0.1, 0.15) is 45.4 Å². The molecule has 4 N–H and O–H groups in total. The second kappa shape index (κ2) is 7.27. The van der Waals surface area contributed by atoms with Crippen molar-refractivity contribution in [3.05, 3.63) is 34.8 Å². The summed E-state index contributed by atoms with van der Waals surface area (Å²) in [6, 6.07) is 0.213. The van der Waals surface area contributed by atoms with Crippen LogP contribution >= 0.6 is 0 Å². The molecule has 29 heavy (non-hydrogen) atoms. The van der Waals surface area contributed by atoms with E-state index in [2.05, 4.69) is 15.5 Å². The minimum atomic E-state index is -4.26. The van der Waals surface area contributed by atoms with Gasteiger partial charge in [-0.3, -0.25) is 4.79 Å². The van der Waals surface area contributed by atoms with Gasteiger partial charge < -0.3 is 26.2 Å². The average Bonchev–Trinajstić information content (AvgIpc) is 3.27. The Hall–Kier alpha value is -2.16. The molecule has 0 bridgehead atoms. The number of alkyl halides is 3. The van der Waals surface area contributed by atoms with E-state index in [9.17, 15) is 18.0 Å². The Morgan fingerprint density at radius 2 is 1.97 bits per heavy atom. The van der Waals surface area contributed by atoms with E-state index in [1.54, 1.807) is 18.0 Å². The van der Waals surface area contributed by atoms with Gasteiger partial charge in [0.2, 0.25) is 0 Å². The number of carbonyl (C=O) groups is 1. The van der Waals surface area contributed by atoms with Gasteiger partial charge >= 0.3 is 6.18 Å². The first-order valence-electron chi connectivity index (χ1n) is 10.2. The molecule has 160 valence electrons. The van der Waals surface area contributed by atoms with Gasteiger partial charge in [-0.1, -0.05) is 17.7 Å². The maximum Gasteiger partial charge on any atom is 0.412 e. The molecule has 2 aliphatic heterocycles. The van der Waals surface area contributed by atoms with Gasteiger partial charge in [-0.15, -0.1) is 0 Å². The molecule has 2 unspecified atom stereocenters. The SMILES string of the molecule is CC1N(C)C(=O)C2=C(NC(CC3=CC=C(C(F)(F)F)CC3)N2)N1[C@H]1CCC[C@H]1N. The van der Waals surface area contributed by atoms with E-state index < -0.39 is 11.7 Å². The minimum Gasteiger partial charge on any atom is -0.358 e. The number of allylic oxidation sites excluding steroid dienone is 3. The number of hydrogen-bond donors (Lipinski definition) is 3. The van der Waals surface area contributed by atoms with Crippen LogP contribution in [0.2, 0.25) is 0 Å². The standard InChI is InChI=1S/C20H28F3N5O/c1-11-27(2)19(29)17-18(28(11)15-5-3-4-14(15)24)26-16(25-17)10-12-6-8-13(9-7-12)20(21,22)23/h6,8,11,14-16,25-26H,3-5,7,9-10,24H2,1-2H3/t11?,14-,15+,16?/m1/s1. The van der Waals surface area contributed by atoms with Gasteiger partial charge in [0.25, 0.3) is 5.91 Å². The predicted octanol–water partition coefficient (Wildman–Crippen LogP) is 2.27. The first kappa shape index (κ1) is 20.1. The zero-order valence-corrected chi connectivity index (χ0v) is 16.7. The summed E-state index contributed by atoms with van der Waals surface area (Å²) in [5.74, 6) is 0.693. The highest BCUT2D eigenvalue weighted by Gasteiger charge is 2.45. The van der Waals surface area contributed by atoms with Crippen LogP contribution in [0.25, 0.3) is 0 Å². The molecule has 6 nitrogen and oxygen atoms in total. The van der Waals surface area contributed by atoms with Crippen molar-refractivity contribution in [1.29, 1.82) is 0 Å². The smallest absolute Gasteiger partial charge is 0.358 e. The normalized spacial score (nSPS) is 32.7. The Balaban J connectivity index is 1.51. The fourth-order valence-corrected chi connectivity index (χ4v) is 4.81. The quantitative estimate of drug-likeness (QED) is 0.665. The molecule has 4 rings (SSSR count). The summed E-state index contributed by atoms with van der Waals surface area (Å²) in [4.78, 5) is 16.7. The summed E-state index contributed by atoms with van der Waals surface area (Å²) in [5.41, 5.74) is 7.31. The third-order valence-corrected chi connectivity index (χ3v) is 6.58. The number of likely N-dealkylation sites (N-methyl/N-ethyl adjacent to an activating group) is 1. The van der Waals surface area contributed by atoms with E-state index >= 15 is 0 Å². The second-order valence-electron chi connectivity index (χ2n) is 8.40. The lowest BCUT2D eigenvalue weighted by Crippen LogP contribution is -2.59. The molecule has 0 aromatic rings. The summed E-state index contributed by atoms with van der Waals surface area (Å²) in [6.07, 6.45) is 2.04. The van der Waals surface area contributed by atoms with Crippen molar-refractivity contribution in [2.24, 2.45) is 5.73 Å². The number of nitrogens with one attached hydrogen (secondary N) is 2. The van der Waals surface area contributed by atoms with Crippen molar-refractivity contribution in [3.8, 4) is 0 Å². The molecule has 0 aromatic carbocycles. The van der Waals surface area contributed by atoms with Gasteiger partial charge in [-0.25, -0.2) is 0 Å². The molecule has 4 aliphatic rings. The Bertz CT molecular complexity index is 787. The lowest BCUT2D eigenvalue weighted by atomic mass is 9.95. The highest BCUT2D eigenvalue weighted by Crippen LogP contribution is 2.36. The van der Waals surface area contributed by atoms with Crippen molar-refractivity contribution < 1.29 is 18.0 Å². The average molecular weight is 411 g/mol. The lowest BCUT2D eigenvalue weighted by Gasteiger charge is -2.45. The molecular formula is C20H28F3N5O. The zero-order valence-electron chi connectivity index (χ0n) is 16.7. The molecule has 9 heteroatoms. The monoisotopic (exact) mass is 411 g/mol. The molecule has 0 aromatic heterocycles. The summed E-state index contributed by atoms with van der Waals surface area (Å²) < 4.78 is 38.5. The van der Waals surface area contributed by atoms with Gasteiger partial charge in [-0.2, -0.15) is 13.2 Å². The van der Waals surface area contributed by atoms with Crippen LogP contribution in [-0.2, 0) is 4.79 Å². The molecule has 4 atom stereocenters. The molecule has 0 radical (unpaired) electrons. The summed E-state index contributed by atoms with van der Waals surface area (Å²) in [5, 5.41) is 6.68. The lowest BCUT2D eigenvalue weighted by molar-refractivity contribution is -0.134. The Morgan fingerprint density at radius 3 is 2.55 bits per heavy atom. The number of halogens is 3. The van der Waals surface area contributed by atoms with E-state index in [0.29, 0.717) is 18.5 Å². The van der Waals surface area contributed by atoms with Crippen LogP contribution in [0.15, 0.2) is 34.8 Å². The molecule has 1 amide bonds. The van der Waals surface area contributed by atoms with Crippen LogP contribution in [0.5, 0.6) is 0 Å². The first-order valence-corrected chi connectivity index (χ1v) is 10.2. The van der Waals surface area contributed by atoms with Crippen molar-refractivity contribution in [2.75, 3.05) is 7.05 Å². The number of rotatable bonds is 3. The largest absolute Gasteiger partial charge is 0.412 e. The predicted molar refractivity (Wildman–Crippen MR) is 103 cm³/mol. The van der Waals surface area contributed by atoms with Gasteiger partial charge in [0.1, 0.15) is 23.8 Å². The van der Waals surface area contributed by atoms with Crippen LogP contribution < -0.4 is 16.4 Å². The van der Waals surface area contributed by atoms with Crippen LogP contribution in [0.3, 0.4) is 0 Å². The first-order chi connectivity index (χ1) is 13.7. The van der Waals surface area contributed by atoms with E-state index in [4.69, 9.17) is 5.73 Å². The molecule has 1 fully saturated rings. The van der Waals surface area contributed by atoms with E-state index in [1.165, 1.54) is 6.08 Å². The number of nitrogens with two attached hydrogens (primary N) is 1. The maximum atomic E-state index is 12.8. The third kappa shape index (κ3) is 3.60. The summed E-state index contributed by atoms with van der Waals surface area (Å²) in [7, 11) is 1.78. The second-order valence-corrected chi connectivity index (χ2v) is 8.40. The highest BCUT2D eigenvalue weighted by molar-refractivity contribution is 5.95. The third-order valence-electron chi connectivity index (χ3n) is 6.58. The molecule has 2 heterocycles. The van der Waals surface area contributed by atoms with Crippen LogP contribution in [0, 0.1) is 0 Å². The van der Waals surface area contributed by atoms with Crippen molar-refractivity contribution in [1.82, 2.24) is 20.4 Å². The van der Waals surface area contributed by atoms with E-state index in [0.717, 1.165) is 30.7 Å². The Kier molecular flexibility index (Phi) is 5.04. The van der Waals surface area contributed by atoms with Gasteiger partial charge in [-0.05, 0) is 39.0 Å². The molecule has 0 saturated heterocycles. The number of hydrogen-bond acceptors (Lipinski definition) is 5. The topological polar surface area (TPSA) is 73.6 Å². The summed E-state index contributed by atoms with van der Waals surface area (Å²) >= 11 is 0. The van der Waals surface area contributed by atoms with Gasteiger partial charge in [0, 0.05) is 31.1 Å². The van der Waals surface area contributed by atoms with E-state index in [-0.39, 0.29) is 36.7 Å². The fourth-order valence-electron chi connectivity index (χ4n) is 4.81. The molecule has 2 aliphatic carbocycles. The number of nitrogens with zero attached hydrogens (tertiary/aromatic N) is 2. The maximum absolute atomic E-state index is 12.8. The highest BCUT2D eigenvalue weighted by atomic mass is 19.4. The molecule has 1 saturated carbocycles. The molecule has 0 spiro atoms. The minimum absolute atomic E-state index is 0.00302. The summed E-state index contributed by atoms with van der Waals surface area (Å²) in [6.45, 7) is 1.99. The fraction of sp³-hybridized carbons (Fsp3) is 0.650. The van der Waals surface area contributed by atoms with E-state index in [1.807, 2.05) is 6.92 Å². The van der Waals surface area contributed by atoms with Gasteiger partial charge in [0.15, 0.2) is 0 Å². The number of carbonyl (C=O) groups excluding carboxylic acids is 1. The zero-order chi connectivity index (χ0) is 20.9. The van der Waals surface area contributed by atoms with Crippen molar-refractivity contribution >= 4 is 5.91 Å². The van der Waals surface area contributed by atoms with Crippen LogP contribution in [0.4, 0.5) is 13.2 Å². The van der Waals surface area contributed by atoms with Crippen molar-refractivity contribution in [2.45, 2.75) is 76.0 Å². The molecular weight excluding hydrogens is 383 g/mol. The Labute approximate surface area is 168 Å². The van der Waals surface area contributed by atoms with Crippen LogP contribution in [-0.4, -0.2) is 53.3 Å². The Morgan fingerprint density at radius 1 is 1.21 bits per heavy atom. The number of amides is 1.